The van der Waals surface area contributed by atoms with Gasteiger partial charge in [-0.3, -0.25) is 4.79 Å². The number of carbonyl (C=O) groups is 1. The van der Waals surface area contributed by atoms with Gasteiger partial charge in [0.25, 0.3) is 0 Å². The second-order valence-corrected chi connectivity index (χ2v) is 4.85. The van der Waals surface area contributed by atoms with Gasteiger partial charge in [-0.2, -0.15) is 0 Å². The van der Waals surface area contributed by atoms with Crippen LogP contribution in [-0.4, -0.2) is 31.6 Å². The first-order chi connectivity index (χ1) is 8.72. The summed E-state index contributed by atoms with van der Waals surface area (Å²) < 4.78 is 0. The molecule has 1 aromatic carbocycles. The number of hydrogen-bond acceptors (Lipinski definition) is 3. The molecule has 0 saturated carbocycles. The van der Waals surface area contributed by atoms with E-state index in [1.54, 1.807) is 0 Å². The van der Waals surface area contributed by atoms with Gasteiger partial charge in [0, 0.05) is 23.8 Å². The van der Waals surface area contributed by atoms with E-state index in [4.69, 9.17) is 17.3 Å². The Labute approximate surface area is 112 Å². The molecule has 1 heterocycles. The molecule has 0 spiro atoms. The summed E-state index contributed by atoms with van der Waals surface area (Å²) in [6.45, 7) is 2.05. The van der Waals surface area contributed by atoms with Gasteiger partial charge >= 0.3 is 0 Å². The Morgan fingerprint density at radius 2 is 2.33 bits per heavy atom. The molecule has 1 saturated heterocycles. The van der Waals surface area contributed by atoms with Crippen LogP contribution < -0.4 is 16.0 Å². The van der Waals surface area contributed by atoms with E-state index in [2.05, 4.69) is 10.2 Å². The van der Waals surface area contributed by atoms with Crippen molar-refractivity contribution in [2.75, 3.05) is 24.5 Å². The SMILES string of the molecule is NCCC1C(=O)NCCCN1c1cccc(Cl)c1. The van der Waals surface area contributed by atoms with E-state index in [0.29, 0.717) is 18.0 Å². The summed E-state index contributed by atoms with van der Waals surface area (Å²) in [5, 5.41) is 3.61. The third kappa shape index (κ3) is 2.94. The van der Waals surface area contributed by atoms with E-state index in [-0.39, 0.29) is 11.9 Å². The first kappa shape index (κ1) is 13.2. The molecule has 0 aliphatic carbocycles. The molecule has 2 rings (SSSR count). The van der Waals surface area contributed by atoms with Gasteiger partial charge in [-0.1, -0.05) is 17.7 Å². The summed E-state index contributed by atoms with van der Waals surface area (Å²) in [6, 6.07) is 7.41. The van der Waals surface area contributed by atoms with Crippen LogP contribution in [0.1, 0.15) is 12.8 Å². The number of rotatable bonds is 3. The number of anilines is 1. The highest BCUT2D eigenvalue weighted by Gasteiger charge is 2.27. The van der Waals surface area contributed by atoms with E-state index in [1.807, 2.05) is 24.3 Å². The molecule has 5 heteroatoms. The van der Waals surface area contributed by atoms with Crippen molar-refractivity contribution in [3.05, 3.63) is 29.3 Å². The minimum atomic E-state index is -0.198. The van der Waals surface area contributed by atoms with Gasteiger partial charge < -0.3 is 16.0 Å². The number of nitrogens with zero attached hydrogens (tertiary/aromatic N) is 1. The Kier molecular flexibility index (Phi) is 4.44. The van der Waals surface area contributed by atoms with Crippen molar-refractivity contribution >= 4 is 23.2 Å². The van der Waals surface area contributed by atoms with Gasteiger partial charge in [-0.25, -0.2) is 0 Å². The van der Waals surface area contributed by atoms with Crippen LogP contribution in [0.4, 0.5) is 5.69 Å². The van der Waals surface area contributed by atoms with E-state index >= 15 is 0 Å². The lowest BCUT2D eigenvalue weighted by molar-refractivity contribution is -0.122. The fourth-order valence-electron chi connectivity index (χ4n) is 2.28. The molecule has 1 aromatic rings. The monoisotopic (exact) mass is 267 g/mol. The quantitative estimate of drug-likeness (QED) is 0.870. The predicted octanol–water partition coefficient (Wildman–Crippen LogP) is 1.38. The average molecular weight is 268 g/mol. The van der Waals surface area contributed by atoms with Crippen molar-refractivity contribution in [2.45, 2.75) is 18.9 Å². The molecule has 4 nitrogen and oxygen atoms in total. The Morgan fingerprint density at radius 3 is 3.06 bits per heavy atom. The Bertz CT molecular complexity index is 424. The Morgan fingerprint density at radius 1 is 1.50 bits per heavy atom. The average Bonchev–Trinajstić information content (AvgIpc) is 2.53. The van der Waals surface area contributed by atoms with E-state index in [9.17, 15) is 4.79 Å². The lowest BCUT2D eigenvalue weighted by atomic mass is 10.1. The second-order valence-electron chi connectivity index (χ2n) is 4.41. The largest absolute Gasteiger partial charge is 0.359 e. The van der Waals surface area contributed by atoms with Crippen molar-refractivity contribution in [1.29, 1.82) is 0 Å². The van der Waals surface area contributed by atoms with Crippen LogP contribution in [0.2, 0.25) is 5.02 Å². The highest BCUT2D eigenvalue weighted by molar-refractivity contribution is 6.30. The molecule has 1 atom stereocenters. The topological polar surface area (TPSA) is 58.4 Å². The summed E-state index contributed by atoms with van der Waals surface area (Å²) >= 11 is 6.01. The Balaban J connectivity index is 2.28. The van der Waals surface area contributed by atoms with Crippen LogP contribution in [0, 0.1) is 0 Å². The zero-order valence-electron chi connectivity index (χ0n) is 10.2. The minimum Gasteiger partial charge on any atom is -0.359 e. The van der Waals surface area contributed by atoms with Crippen molar-refractivity contribution < 1.29 is 4.79 Å². The van der Waals surface area contributed by atoms with Gasteiger partial charge in [0.15, 0.2) is 0 Å². The molecule has 0 aromatic heterocycles. The number of nitrogens with two attached hydrogens (primary N) is 1. The third-order valence-electron chi connectivity index (χ3n) is 3.13. The number of benzene rings is 1. The standard InChI is InChI=1S/C13H18ClN3O/c14-10-3-1-4-11(9-10)17-8-2-7-16-13(18)12(17)5-6-15/h1,3-4,9,12H,2,5-8,15H2,(H,16,18). The first-order valence-corrected chi connectivity index (χ1v) is 6.60. The van der Waals surface area contributed by atoms with Gasteiger partial charge in [0.1, 0.15) is 6.04 Å². The molecular formula is C13H18ClN3O. The number of hydrogen-bond donors (Lipinski definition) is 2. The number of carbonyl (C=O) groups excluding carboxylic acids is 1. The van der Waals surface area contributed by atoms with Crippen LogP contribution >= 0.6 is 11.6 Å². The number of amides is 1. The summed E-state index contributed by atoms with van der Waals surface area (Å²) in [5.41, 5.74) is 6.59. The van der Waals surface area contributed by atoms with Crippen molar-refractivity contribution in [3.63, 3.8) is 0 Å². The smallest absolute Gasteiger partial charge is 0.242 e. The zero-order valence-corrected chi connectivity index (χ0v) is 11.0. The van der Waals surface area contributed by atoms with Gasteiger partial charge in [-0.15, -0.1) is 0 Å². The van der Waals surface area contributed by atoms with E-state index in [0.717, 1.165) is 25.2 Å². The molecule has 3 N–H and O–H groups in total. The normalized spacial score (nSPS) is 20.4. The Hall–Kier alpha value is -1.26. The molecule has 18 heavy (non-hydrogen) atoms. The van der Waals surface area contributed by atoms with Gasteiger partial charge in [0.05, 0.1) is 0 Å². The number of halogens is 1. The third-order valence-corrected chi connectivity index (χ3v) is 3.37. The fraction of sp³-hybridized carbons (Fsp3) is 0.462. The molecule has 1 aliphatic rings. The van der Waals surface area contributed by atoms with Crippen molar-refractivity contribution in [1.82, 2.24) is 5.32 Å². The van der Waals surface area contributed by atoms with E-state index in [1.165, 1.54) is 0 Å². The van der Waals surface area contributed by atoms with Crippen molar-refractivity contribution in [3.8, 4) is 0 Å². The lowest BCUT2D eigenvalue weighted by Crippen LogP contribution is -2.45. The van der Waals surface area contributed by atoms with Crippen LogP contribution in [0.5, 0.6) is 0 Å². The van der Waals surface area contributed by atoms with Crippen LogP contribution in [0.3, 0.4) is 0 Å². The highest BCUT2D eigenvalue weighted by atomic mass is 35.5. The number of nitrogens with one attached hydrogen (secondary N) is 1. The van der Waals surface area contributed by atoms with Crippen LogP contribution in [0.15, 0.2) is 24.3 Å². The summed E-state index contributed by atoms with van der Waals surface area (Å²) in [5.74, 6) is 0.0536. The first-order valence-electron chi connectivity index (χ1n) is 6.22. The van der Waals surface area contributed by atoms with E-state index < -0.39 is 0 Å². The van der Waals surface area contributed by atoms with Crippen LogP contribution in [0.25, 0.3) is 0 Å². The maximum absolute atomic E-state index is 12.0. The molecule has 1 fully saturated rings. The maximum atomic E-state index is 12.0. The predicted molar refractivity (Wildman–Crippen MR) is 73.9 cm³/mol. The van der Waals surface area contributed by atoms with Gasteiger partial charge in [0.2, 0.25) is 5.91 Å². The molecule has 1 amide bonds. The molecule has 98 valence electrons. The fourth-order valence-corrected chi connectivity index (χ4v) is 2.47. The molecule has 1 aliphatic heterocycles. The summed E-state index contributed by atoms with van der Waals surface area (Å²) in [4.78, 5) is 14.1. The molecule has 1 unspecified atom stereocenters. The summed E-state index contributed by atoms with van der Waals surface area (Å²) in [6.07, 6.45) is 1.58. The lowest BCUT2D eigenvalue weighted by Gasteiger charge is -2.30. The van der Waals surface area contributed by atoms with Gasteiger partial charge in [-0.05, 0) is 37.6 Å². The second kappa shape index (κ2) is 6.07. The highest BCUT2D eigenvalue weighted by Crippen LogP contribution is 2.23. The van der Waals surface area contributed by atoms with Crippen molar-refractivity contribution in [2.24, 2.45) is 5.73 Å². The molecule has 0 radical (unpaired) electrons. The zero-order chi connectivity index (χ0) is 13.0. The molecular weight excluding hydrogens is 250 g/mol. The maximum Gasteiger partial charge on any atom is 0.242 e. The molecule has 0 bridgehead atoms. The van der Waals surface area contributed by atoms with Crippen LogP contribution in [-0.2, 0) is 4.79 Å². The summed E-state index contributed by atoms with van der Waals surface area (Å²) in [7, 11) is 0. The minimum absolute atomic E-state index is 0.0536.